The molecule has 1 atom stereocenters. The largest absolute Gasteiger partial charge is 0.441 e. The normalized spacial score (nSPS) is 13.6. The fourth-order valence-electron chi connectivity index (χ4n) is 1.69. The average molecular weight is 277 g/mol. The van der Waals surface area contributed by atoms with E-state index < -0.39 is 5.51 Å². The molecule has 0 aliphatic heterocycles. The van der Waals surface area contributed by atoms with Gasteiger partial charge in [-0.15, -0.1) is 0 Å². The fraction of sp³-hybridized carbons (Fsp3) is 0.538. The lowest BCUT2D eigenvalue weighted by Gasteiger charge is -2.17. The highest BCUT2D eigenvalue weighted by Crippen LogP contribution is 2.29. The first-order chi connectivity index (χ1) is 8.51. The van der Waals surface area contributed by atoms with Gasteiger partial charge in [-0.1, -0.05) is 37.3 Å². The van der Waals surface area contributed by atoms with Gasteiger partial charge < -0.3 is 5.32 Å². The summed E-state index contributed by atoms with van der Waals surface area (Å²) in [7, 11) is 0. The second-order valence-corrected chi connectivity index (χ2v) is 5.20. The predicted molar refractivity (Wildman–Crippen MR) is 70.7 cm³/mol. The Morgan fingerprint density at radius 3 is 2.44 bits per heavy atom. The topological polar surface area (TPSA) is 12.0 Å². The van der Waals surface area contributed by atoms with Crippen molar-refractivity contribution < 1.29 is 13.2 Å². The molecule has 0 aromatic heterocycles. The summed E-state index contributed by atoms with van der Waals surface area (Å²) >= 11 is 0.0298. The molecule has 0 heterocycles. The van der Waals surface area contributed by atoms with Crippen molar-refractivity contribution in [3.63, 3.8) is 0 Å². The minimum Gasteiger partial charge on any atom is -0.313 e. The fourth-order valence-corrected chi connectivity index (χ4v) is 2.14. The van der Waals surface area contributed by atoms with Crippen LogP contribution in [0.2, 0.25) is 0 Å². The first-order valence-corrected chi connectivity index (χ1v) is 6.98. The van der Waals surface area contributed by atoms with E-state index >= 15 is 0 Å². The lowest BCUT2D eigenvalue weighted by molar-refractivity contribution is -0.0327. The molecular formula is C13H18F3NS. The van der Waals surface area contributed by atoms with Crippen molar-refractivity contribution in [2.75, 3.05) is 12.3 Å². The second kappa shape index (κ2) is 7.69. The van der Waals surface area contributed by atoms with Crippen molar-refractivity contribution in [2.45, 2.75) is 31.3 Å². The molecule has 1 nitrogen and oxygen atoms in total. The summed E-state index contributed by atoms with van der Waals surface area (Å²) in [5.74, 6) is 0.0643. The van der Waals surface area contributed by atoms with Crippen molar-refractivity contribution in [1.82, 2.24) is 5.32 Å². The van der Waals surface area contributed by atoms with Crippen LogP contribution in [0.5, 0.6) is 0 Å². The van der Waals surface area contributed by atoms with Crippen LogP contribution in [0.15, 0.2) is 30.3 Å². The van der Waals surface area contributed by atoms with Gasteiger partial charge in [0.05, 0.1) is 0 Å². The molecule has 102 valence electrons. The van der Waals surface area contributed by atoms with Gasteiger partial charge >= 0.3 is 5.51 Å². The van der Waals surface area contributed by atoms with Gasteiger partial charge in [-0.2, -0.15) is 13.2 Å². The summed E-state index contributed by atoms with van der Waals surface area (Å²) in [6, 6.07) is 10.2. The van der Waals surface area contributed by atoms with E-state index in [1.807, 2.05) is 37.3 Å². The highest BCUT2D eigenvalue weighted by atomic mass is 32.2. The van der Waals surface area contributed by atoms with Crippen molar-refractivity contribution in [3.05, 3.63) is 35.9 Å². The highest BCUT2D eigenvalue weighted by molar-refractivity contribution is 8.00. The second-order valence-electron chi connectivity index (χ2n) is 4.04. The Morgan fingerprint density at radius 1 is 1.22 bits per heavy atom. The van der Waals surface area contributed by atoms with E-state index in [9.17, 15) is 13.2 Å². The van der Waals surface area contributed by atoms with Gasteiger partial charge in [-0.3, -0.25) is 0 Å². The van der Waals surface area contributed by atoms with Crippen molar-refractivity contribution in [2.24, 2.45) is 0 Å². The molecule has 1 aromatic rings. The minimum absolute atomic E-state index is 0.0298. The SMILES string of the molecule is CCC(Cc1ccccc1)NCCSC(F)(F)F. The number of benzene rings is 1. The standard InChI is InChI=1S/C13H18F3NS/c1-2-12(10-11-6-4-3-5-7-11)17-8-9-18-13(14,15)16/h3-7,12,17H,2,8-10H2,1H3. The molecule has 0 radical (unpaired) electrons. The number of nitrogens with one attached hydrogen (secondary N) is 1. The third-order valence-corrected chi connectivity index (χ3v) is 3.35. The molecule has 0 saturated heterocycles. The molecule has 0 aliphatic rings. The van der Waals surface area contributed by atoms with Gasteiger partial charge in [0, 0.05) is 18.3 Å². The molecule has 1 N–H and O–H groups in total. The Bertz CT molecular complexity index is 327. The van der Waals surface area contributed by atoms with E-state index in [0.717, 1.165) is 12.8 Å². The maximum absolute atomic E-state index is 11.9. The summed E-state index contributed by atoms with van der Waals surface area (Å²) in [6.07, 6.45) is 1.76. The quantitative estimate of drug-likeness (QED) is 0.760. The monoisotopic (exact) mass is 277 g/mol. The number of rotatable bonds is 7. The molecule has 0 bridgehead atoms. The Balaban J connectivity index is 2.26. The average Bonchev–Trinajstić information content (AvgIpc) is 2.33. The van der Waals surface area contributed by atoms with Gasteiger partial charge in [-0.05, 0) is 30.2 Å². The molecule has 0 aliphatic carbocycles. The van der Waals surface area contributed by atoms with Gasteiger partial charge in [0.25, 0.3) is 0 Å². The highest BCUT2D eigenvalue weighted by Gasteiger charge is 2.27. The molecule has 5 heteroatoms. The molecule has 0 fully saturated rings. The van der Waals surface area contributed by atoms with Crippen LogP contribution >= 0.6 is 11.8 Å². The first kappa shape index (κ1) is 15.4. The summed E-state index contributed by atoms with van der Waals surface area (Å²) in [6.45, 7) is 2.42. The van der Waals surface area contributed by atoms with E-state index in [2.05, 4.69) is 5.32 Å². The summed E-state index contributed by atoms with van der Waals surface area (Å²) in [5, 5.41) is 3.17. The first-order valence-electron chi connectivity index (χ1n) is 5.99. The molecule has 0 amide bonds. The van der Waals surface area contributed by atoms with Crippen LogP contribution < -0.4 is 5.32 Å². The summed E-state index contributed by atoms with van der Waals surface area (Å²) in [5.41, 5.74) is -2.91. The van der Waals surface area contributed by atoms with Crippen LogP contribution in [0.4, 0.5) is 13.2 Å². The molecule has 1 rings (SSSR count). The zero-order valence-corrected chi connectivity index (χ0v) is 11.2. The van der Waals surface area contributed by atoms with Crippen molar-refractivity contribution in [3.8, 4) is 0 Å². The zero-order chi connectivity index (χ0) is 13.4. The zero-order valence-electron chi connectivity index (χ0n) is 10.3. The van der Waals surface area contributed by atoms with Gasteiger partial charge in [0.1, 0.15) is 0 Å². The Labute approximate surface area is 110 Å². The summed E-state index contributed by atoms with van der Waals surface area (Å²) < 4.78 is 35.8. The third kappa shape index (κ3) is 6.91. The Kier molecular flexibility index (Phi) is 6.57. The third-order valence-electron chi connectivity index (χ3n) is 2.62. The Hall–Kier alpha value is -0.680. The number of hydrogen-bond acceptors (Lipinski definition) is 2. The lowest BCUT2D eigenvalue weighted by atomic mass is 10.0. The summed E-state index contributed by atoms with van der Waals surface area (Å²) in [4.78, 5) is 0. The van der Waals surface area contributed by atoms with E-state index in [0.29, 0.717) is 6.54 Å². The number of alkyl halides is 3. The van der Waals surface area contributed by atoms with E-state index in [4.69, 9.17) is 0 Å². The van der Waals surface area contributed by atoms with Gasteiger partial charge in [-0.25, -0.2) is 0 Å². The van der Waals surface area contributed by atoms with E-state index in [1.165, 1.54) is 5.56 Å². The number of thioether (sulfide) groups is 1. The van der Waals surface area contributed by atoms with E-state index in [1.54, 1.807) is 0 Å². The smallest absolute Gasteiger partial charge is 0.313 e. The lowest BCUT2D eigenvalue weighted by Crippen LogP contribution is -2.32. The molecule has 18 heavy (non-hydrogen) atoms. The van der Waals surface area contributed by atoms with Crippen LogP contribution in [0, 0.1) is 0 Å². The predicted octanol–water partition coefficient (Wildman–Crippen LogP) is 3.85. The molecule has 0 saturated carbocycles. The molecular weight excluding hydrogens is 259 g/mol. The van der Waals surface area contributed by atoms with Gasteiger partial charge in [0.15, 0.2) is 0 Å². The molecule has 1 unspecified atom stereocenters. The van der Waals surface area contributed by atoms with Crippen molar-refractivity contribution in [1.29, 1.82) is 0 Å². The minimum atomic E-state index is -4.12. The molecule has 0 spiro atoms. The van der Waals surface area contributed by atoms with Crippen LogP contribution in [-0.4, -0.2) is 23.8 Å². The van der Waals surface area contributed by atoms with Crippen LogP contribution in [0.3, 0.4) is 0 Å². The Morgan fingerprint density at radius 2 is 1.89 bits per heavy atom. The van der Waals surface area contributed by atoms with Gasteiger partial charge in [0.2, 0.25) is 0 Å². The van der Waals surface area contributed by atoms with Crippen LogP contribution in [0.25, 0.3) is 0 Å². The maximum Gasteiger partial charge on any atom is 0.441 e. The van der Waals surface area contributed by atoms with Crippen LogP contribution in [-0.2, 0) is 6.42 Å². The maximum atomic E-state index is 11.9. The molecule has 1 aromatic carbocycles. The van der Waals surface area contributed by atoms with Crippen molar-refractivity contribution >= 4 is 11.8 Å². The number of hydrogen-bond donors (Lipinski definition) is 1. The number of halogens is 3. The van der Waals surface area contributed by atoms with E-state index in [-0.39, 0.29) is 23.6 Å². The van der Waals surface area contributed by atoms with Crippen LogP contribution in [0.1, 0.15) is 18.9 Å².